The largest absolute Gasteiger partial charge is 0.416 e. The molecule has 5 nitrogen and oxygen atoms in total. The fourth-order valence-corrected chi connectivity index (χ4v) is 2.33. The molecule has 0 aliphatic heterocycles. The summed E-state index contributed by atoms with van der Waals surface area (Å²) in [4.78, 5) is 12.8. The van der Waals surface area contributed by atoms with Crippen LogP contribution in [0.15, 0.2) is 24.3 Å². The number of sulfonamides is 1. The molecule has 0 saturated heterocycles. The summed E-state index contributed by atoms with van der Waals surface area (Å²) in [7, 11) is -0.882. The highest BCUT2D eigenvalue weighted by Gasteiger charge is 2.30. The van der Waals surface area contributed by atoms with Crippen molar-refractivity contribution in [1.29, 1.82) is 0 Å². The first kappa shape index (κ1) is 17.3. The second-order valence-electron chi connectivity index (χ2n) is 4.60. The van der Waals surface area contributed by atoms with Gasteiger partial charge >= 0.3 is 6.18 Å². The van der Waals surface area contributed by atoms with E-state index in [1.54, 1.807) is 0 Å². The summed E-state index contributed by atoms with van der Waals surface area (Å²) in [6.07, 6.45) is -3.62. The molecule has 118 valence electrons. The maximum absolute atomic E-state index is 12.5. The Bertz CT molecular complexity index is 610. The third-order valence-corrected chi connectivity index (χ3v) is 3.80. The van der Waals surface area contributed by atoms with Gasteiger partial charge in [-0.05, 0) is 24.3 Å². The standard InChI is InChI=1S/C12H15F3N2O3S/c1-16(2)11(18)8-17(21(3,19)20)10-6-4-9(5-7-10)12(13,14)15/h4-7H,8H2,1-3H3. The van der Waals surface area contributed by atoms with Gasteiger partial charge in [0.1, 0.15) is 6.54 Å². The highest BCUT2D eigenvalue weighted by atomic mass is 32.2. The molecule has 21 heavy (non-hydrogen) atoms. The van der Waals surface area contributed by atoms with E-state index in [9.17, 15) is 26.4 Å². The van der Waals surface area contributed by atoms with E-state index < -0.39 is 34.2 Å². The van der Waals surface area contributed by atoms with Gasteiger partial charge in [0.05, 0.1) is 17.5 Å². The Kier molecular flexibility index (Phi) is 4.87. The first-order chi connectivity index (χ1) is 9.43. The first-order valence-electron chi connectivity index (χ1n) is 5.78. The van der Waals surface area contributed by atoms with E-state index in [1.807, 2.05) is 0 Å². The van der Waals surface area contributed by atoms with Crippen LogP contribution in [0.25, 0.3) is 0 Å². The van der Waals surface area contributed by atoms with Gasteiger partial charge < -0.3 is 4.90 Å². The number of benzene rings is 1. The van der Waals surface area contributed by atoms with Crippen molar-refractivity contribution in [2.24, 2.45) is 0 Å². The molecular formula is C12H15F3N2O3S. The maximum atomic E-state index is 12.5. The van der Waals surface area contributed by atoms with Crippen molar-refractivity contribution in [2.75, 3.05) is 31.2 Å². The van der Waals surface area contributed by atoms with Gasteiger partial charge in [-0.1, -0.05) is 0 Å². The van der Waals surface area contributed by atoms with Crippen molar-refractivity contribution in [3.8, 4) is 0 Å². The van der Waals surface area contributed by atoms with Crippen LogP contribution in [0.2, 0.25) is 0 Å². The van der Waals surface area contributed by atoms with Crippen LogP contribution in [0.1, 0.15) is 5.56 Å². The van der Waals surface area contributed by atoms with E-state index in [4.69, 9.17) is 0 Å². The van der Waals surface area contributed by atoms with E-state index in [2.05, 4.69) is 0 Å². The summed E-state index contributed by atoms with van der Waals surface area (Å²) in [5, 5.41) is 0. The van der Waals surface area contributed by atoms with Crippen molar-refractivity contribution < 1.29 is 26.4 Å². The molecule has 0 aliphatic rings. The third kappa shape index (κ3) is 4.62. The van der Waals surface area contributed by atoms with Crippen molar-refractivity contribution in [2.45, 2.75) is 6.18 Å². The minimum absolute atomic E-state index is 0.000648. The van der Waals surface area contributed by atoms with Crippen LogP contribution in [0.5, 0.6) is 0 Å². The molecule has 9 heteroatoms. The molecule has 0 bridgehead atoms. The van der Waals surface area contributed by atoms with Crippen molar-refractivity contribution in [3.05, 3.63) is 29.8 Å². The average molecular weight is 324 g/mol. The number of hydrogen-bond donors (Lipinski definition) is 0. The van der Waals surface area contributed by atoms with E-state index in [1.165, 1.54) is 19.0 Å². The fraction of sp³-hybridized carbons (Fsp3) is 0.417. The number of rotatable bonds is 4. The molecule has 0 atom stereocenters. The van der Waals surface area contributed by atoms with Gasteiger partial charge in [0.15, 0.2) is 0 Å². The number of nitrogens with zero attached hydrogens (tertiary/aromatic N) is 2. The maximum Gasteiger partial charge on any atom is 0.416 e. The van der Waals surface area contributed by atoms with Gasteiger partial charge in [0, 0.05) is 14.1 Å². The SMILES string of the molecule is CN(C)C(=O)CN(c1ccc(C(F)(F)F)cc1)S(C)(=O)=O. The number of hydrogen-bond acceptors (Lipinski definition) is 3. The number of carbonyl (C=O) groups is 1. The van der Waals surface area contributed by atoms with Gasteiger partial charge in [-0.15, -0.1) is 0 Å². The lowest BCUT2D eigenvalue weighted by Crippen LogP contribution is -2.39. The number of alkyl halides is 3. The zero-order valence-corrected chi connectivity index (χ0v) is 12.5. The van der Waals surface area contributed by atoms with Gasteiger partial charge in [-0.2, -0.15) is 13.2 Å². The summed E-state index contributed by atoms with van der Waals surface area (Å²) >= 11 is 0. The fourth-order valence-electron chi connectivity index (χ4n) is 1.48. The average Bonchev–Trinajstić information content (AvgIpc) is 2.33. The van der Waals surface area contributed by atoms with Crippen LogP contribution in [-0.4, -0.2) is 46.1 Å². The molecule has 0 heterocycles. The topological polar surface area (TPSA) is 57.7 Å². The Labute approximate surface area is 121 Å². The van der Waals surface area contributed by atoms with Crippen LogP contribution in [0.3, 0.4) is 0 Å². The quantitative estimate of drug-likeness (QED) is 0.844. The molecule has 1 amide bonds. The van der Waals surface area contributed by atoms with Crippen LogP contribution in [0, 0.1) is 0 Å². The second kappa shape index (κ2) is 5.92. The van der Waals surface area contributed by atoms with Crippen LogP contribution in [0.4, 0.5) is 18.9 Å². The Morgan fingerprint density at radius 2 is 1.62 bits per heavy atom. The molecule has 1 rings (SSSR count). The lowest BCUT2D eigenvalue weighted by atomic mass is 10.2. The van der Waals surface area contributed by atoms with Gasteiger partial charge in [0.25, 0.3) is 0 Å². The second-order valence-corrected chi connectivity index (χ2v) is 6.51. The molecule has 0 saturated carbocycles. The molecule has 0 radical (unpaired) electrons. The molecule has 1 aromatic carbocycles. The number of carbonyl (C=O) groups excluding carboxylic acids is 1. The van der Waals surface area contributed by atoms with E-state index in [0.717, 1.165) is 34.8 Å². The molecule has 0 aromatic heterocycles. The third-order valence-electron chi connectivity index (χ3n) is 2.66. The monoisotopic (exact) mass is 324 g/mol. The summed E-state index contributed by atoms with van der Waals surface area (Å²) in [5.74, 6) is -0.486. The summed E-state index contributed by atoms with van der Waals surface area (Å²) in [5.41, 5.74) is -0.890. The van der Waals surface area contributed by atoms with Crippen molar-refractivity contribution in [1.82, 2.24) is 4.90 Å². The van der Waals surface area contributed by atoms with Crippen LogP contribution >= 0.6 is 0 Å². The van der Waals surface area contributed by atoms with Crippen molar-refractivity contribution in [3.63, 3.8) is 0 Å². The van der Waals surface area contributed by atoms with Gasteiger partial charge in [0.2, 0.25) is 15.9 Å². The Morgan fingerprint density at radius 3 is 1.95 bits per heavy atom. The lowest BCUT2D eigenvalue weighted by molar-refractivity contribution is -0.137. The first-order valence-corrected chi connectivity index (χ1v) is 7.63. The van der Waals surface area contributed by atoms with Crippen LogP contribution < -0.4 is 4.31 Å². The zero-order chi connectivity index (χ0) is 16.4. The van der Waals surface area contributed by atoms with E-state index >= 15 is 0 Å². The number of anilines is 1. The molecule has 0 unspecified atom stereocenters. The predicted molar refractivity (Wildman–Crippen MR) is 72.3 cm³/mol. The molecular weight excluding hydrogens is 309 g/mol. The van der Waals surface area contributed by atoms with Gasteiger partial charge in [-0.25, -0.2) is 8.42 Å². The number of likely N-dealkylation sites (N-methyl/N-ethyl adjacent to an activating group) is 1. The molecule has 0 aliphatic carbocycles. The Morgan fingerprint density at radius 1 is 1.14 bits per heavy atom. The van der Waals surface area contributed by atoms with Crippen LogP contribution in [-0.2, 0) is 21.0 Å². The zero-order valence-electron chi connectivity index (χ0n) is 11.7. The summed E-state index contributed by atoms with van der Waals surface area (Å²) < 4.78 is 61.6. The Hall–Kier alpha value is -1.77. The molecule has 0 spiro atoms. The highest BCUT2D eigenvalue weighted by molar-refractivity contribution is 7.92. The highest BCUT2D eigenvalue weighted by Crippen LogP contribution is 2.30. The Balaban J connectivity index is 3.14. The number of amides is 1. The smallest absolute Gasteiger partial charge is 0.347 e. The summed E-state index contributed by atoms with van der Waals surface area (Å²) in [6.45, 7) is -0.475. The normalized spacial score (nSPS) is 12.1. The van der Waals surface area contributed by atoms with E-state index in [0.29, 0.717) is 0 Å². The molecule has 0 fully saturated rings. The minimum atomic E-state index is -4.51. The molecule has 0 N–H and O–H groups in total. The number of halogens is 3. The predicted octanol–water partition coefficient (Wildman–Crippen LogP) is 1.56. The molecule has 1 aromatic rings. The van der Waals surface area contributed by atoms with E-state index in [-0.39, 0.29) is 5.69 Å². The van der Waals surface area contributed by atoms with Crippen molar-refractivity contribution >= 4 is 21.6 Å². The minimum Gasteiger partial charge on any atom is -0.347 e. The lowest BCUT2D eigenvalue weighted by Gasteiger charge is -2.23. The van der Waals surface area contributed by atoms with Gasteiger partial charge in [-0.3, -0.25) is 9.10 Å². The summed E-state index contributed by atoms with van der Waals surface area (Å²) in [6, 6.07) is 3.58.